The van der Waals surface area contributed by atoms with E-state index in [0.29, 0.717) is 12.2 Å². The molecule has 2 N–H and O–H groups in total. The predicted octanol–water partition coefficient (Wildman–Crippen LogP) is 2.40. The topological polar surface area (TPSA) is 35.2 Å². The Kier molecular flexibility index (Phi) is 2.89. The lowest BCUT2D eigenvalue weighted by molar-refractivity contribution is 0.109. The highest BCUT2D eigenvalue weighted by atomic mass is 19.1. The molecule has 2 rings (SSSR count). The number of halogens is 1. The van der Waals surface area contributed by atoms with E-state index in [0.717, 1.165) is 17.7 Å². The minimum Gasteiger partial charge on any atom is -0.493 e. The van der Waals surface area contributed by atoms with Gasteiger partial charge in [-0.25, -0.2) is 4.39 Å². The Balaban J connectivity index is 2.40. The van der Waals surface area contributed by atoms with Crippen LogP contribution < -0.4 is 10.5 Å². The fraction of sp³-hybridized carbons (Fsp3) is 0.538. The van der Waals surface area contributed by atoms with Crippen molar-refractivity contribution < 1.29 is 9.13 Å². The van der Waals surface area contributed by atoms with Crippen molar-refractivity contribution in [2.45, 2.75) is 25.9 Å². The Hall–Kier alpha value is -1.09. The third-order valence-electron chi connectivity index (χ3n) is 3.38. The van der Waals surface area contributed by atoms with Crippen LogP contribution in [0.5, 0.6) is 5.75 Å². The molecular weight excluding hydrogens is 205 g/mol. The van der Waals surface area contributed by atoms with Gasteiger partial charge in [0.15, 0.2) is 0 Å². The van der Waals surface area contributed by atoms with Gasteiger partial charge in [0.05, 0.1) is 6.61 Å². The summed E-state index contributed by atoms with van der Waals surface area (Å²) in [5, 5.41) is 0. The van der Waals surface area contributed by atoms with Crippen LogP contribution in [0.15, 0.2) is 18.2 Å². The standard InChI is InChI=1S/C13H18FNO/c1-9(2)13(14,8-15)11-3-4-12-10(7-11)5-6-16-12/h3-4,7,9H,5-6,8,15H2,1-2H3. The maximum Gasteiger partial charge on any atom is 0.150 e. The van der Waals surface area contributed by atoms with Gasteiger partial charge in [0, 0.05) is 13.0 Å². The molecule has 1 aromatic carbocycles. The van der Waals surface area contributed by atoms with Crippen LogP contribution in [-0.2, 0) is 12.1 Å². The predicted molar refractivity (Wildman–Crippen MR) is 62.3 cm³/mol. The molecular formula is C13H18FNO. The normalized spacial score (nSPS) is 18.1. The third kappa shape index (κ3) is 1.69. The van der Waals surface area contributed by atoms with Crippen LogP contribution in [0.25, 0.3) is 0 Å². The van der Waals surface area contributed by atoms with Gasteiger partial charge >= 0.3 is 0 Å². The third-order valence-corrected chi connectivity index (χ3v) is 3.38. The van der Waals surface area contributed by atoms with Crippen LogP contribution in [-0.4, -0.2) is 13.2 Å². The van der Waals surface area contributed by atoms with Gasteiger partial charge in [0.1, 0.15) is 11.4 Å². The molecule has 0 bridgehead atoms. The fourth-order valence-electron chi connectivity index (χ4n) is 2.13. The summed E-state index contributed by atoms with van der Waals surface area (Å²) in [4.78, 5) is 0. The Morgan fingerprint density at radius 3 is 2.88 bits per heavy atom. The van der Waals surface area contributed by atoms with E-state index in [-0.39, 0.29) is 12.5 Å². The molecule has 1 aliphatic heterocycles. The summed E-state index contributed by atoms with van der Waals surface area (Å²) in [5.74, 6) is 0.754. The molecule has 0 amide bonds. The summed E-state index contributed by atoms with van der Waals surface area (Å²) in [6, 6.07) is 5.54. The Labute approximate surface area is 95.6 Å². The molecule has 1 unspecified atom stereocenters. The number of fused-ring (bicyclic) bond motifs is 1. The van der Waals surface area contributed by atoms with Gasteiger partial charge in [-0.1, -0.05) is 19.9 Å². The van der Waals surface area contributed by atoms with Gasteiger partial charge in [0.2, 0.25) is 0 Å². The first-order valence-electron chi connectivity index (χ1n) is 5.73. The molecule has 0 saturated carbocycles. The summed E-state index contributed by atoms with van der Waals surface area (Å²) in [7, 11) is 0. The van der Waals surface area contributed by atoms with E-state index in [2.05, 4.69) is 0 Å². The second kappa shape index (κ2) is 4.06. The average molecular weight is 223 g/mol. The molecule has 16 heavy (non-hydrogen) atoms. The Morgan fingerprint density at radius 1 is 1.50 bits per heavy atom. The molecule has 1 heterocycles. The second-order valence-electron chi connectivity index (χ2n) is 4.64. The highest BCUT2D eigenvalue weighted by molar-refractivity contribution is 5.42. The van der Waals surface area contributed by atoms with Gasteiger partial charge in [-0.2, -0.15) is 0 Å². The minimum atomic E-state index is -1.43. The van der Waals surface area contributed by atoms with Gasteiger partial charge < -0.3 is 10.5 Å². The summed E-state index contributed by atoms with van der Waals surface area (Å²) >= 11 is 0. The van der Waals surface area contributed by atoms with Crippen LogP contribution >= 0.6 is 0 Å². The molecule has 0 spiro atoms. The quantitative estimate of drug-likeness (QED) is 0.854. The fourth-order valence-corrected chi connectivity index (χ4v) is 2.13. The van der Waals surface area contributed by atoms with Crippen LogP contribution in [0.1, 0.15) is 25.0 Å². The minimum absolute atomic E-state index is 0.0182. The lowest BCUT2D eigenvalue weighted by Crippen LogP contribution is -2.35. The molecule has 0 saturated heterocycles. The molecule has 0 fully saturated rings. The zero-order valence-electron chi connectivity index (χ0n) is 9.79. The molecule has 88 valence electrons. The van der Waals surface area contributed by atoms with Crippen LogP contribution in [0, 0.1) is 5.92 Å². The molecule has 2 nitrogen and oxygen atoms in total. The van der Waals surface area contributed by atoms with Gasteiger partial charge in [0.25, 0.3) is 0 Å². The SMILES string of the molecule is CC(C)C(F)(CN)c1ccc2c(c1)CCO2. The van der Waals surface area contributed by atoms with E-state index in [4.69, 9.17) is 10.5 Å². The first kappa shape index (κ1) is 11.4. The Morgan fingerprint density at radius 2 is 2.25 bits per heavy atom. The van der Waals surface area contributed by atoms with Gasteiger partial charge in [-0.3, -0.25) is 0 Å². The maximum absolute atomic E-state index is 14.7. The number of ether oxygens (including phenoxy) is 1. The number of benzene rings is 1. The first-order valence-corrected chi connectivity index (χ1v) is 5.73. The molecule has 0 aromatic heterocycles. The first-order chi connectivity index (χ1) is 7.58. The van der Waals surface area contributed by atoms with Crippen molar-refractivity contribution in [3.8, 4) is 5.75 Å². The number of hydrogen-bond acceptors (Lipinski definition) is 2. The summed E-state index contributed by atoms with van der Waals surface area (Å²) in [6.45, 7) is 4.43. The molecule has 1 aromatic rings. The summed E-state index contributed by atoms with van der Waals surface area (Å²) in [6.07, 6.45) is 0.863. The van der Waals surface area contributed by atoms with Crippen molar-refractivity contribution in [3.05, 3.63) is 29.3 Å². The molecule has 3 heteroatoms. The van der Waals surface area contributed by atoms with Crippen molar-refractivity contribution in [1.29, 1.82) is 0 Å². The van der Waals surface area contributed by atoms with Crippen molar-refractivity contribution in [2.24, 2.45) is 11.7 Å². The monoisotopic (exact) mass is 223 g/mol. The number of rotatable bonds is 3. The number of alkyl halides is 1. The zero-order chi connectivity index (χ0) is 11.8. The highest BCUT2D eigenvalue weighted by Gasteiger charge is 2.35. The van der Waals surface area contributed by atoms with Crippen molar-refractivity contribution in [3.63, 3.8) is 0 Å². The van der Waals surface area contributed by atoms with Crippen LogP contribution in [0.2, 0.25) is 0 Å². The van der Waals surface area contributed by atoms with Gasteiger partial charge in [-0.15, -0.1) is 0 Å². The van der Waals surface area contributed by atoms with E-state index in [1.165, 1.54) is 0 Å². The van der Waals surface area contributed by atoms with Gasteiger partial charge in [-0.05, 0) is 29.2 Å². The van der Waals surface area contributed by atoms with Crippen molar-refractivity contribution >= 4 is 0 Å². The van der Waals surface area contributed by atoms with E-state index in [9.17, 15) is 4.39 Å². The van der Waals surface area contributed by atoms with Crippen LogP contribution in [0.4, 0.5) is 4.39 Å². The number of nitrogens with two attached hydrogens (primary N) is 1. The average Bonchev–Trinajstić information content (AvgIpc) is 2.74. The van der Waals surface area contributed by atoms with E-state index in [1.807, 2.05) is 26.0 Å². The zero-order valence-corrected chi connectivity index (χ0v) is 9.79. The molecule has 1 atom stereocenters. The smallest absolute Gasteiger partial charge is 0.150 e. The second-order valence-corrected chi connectivity index (χ2v) is 4.64. The van der Waals surface area contributed by atoms with E-state index >= 15 is 0 Å². The molecule has 0 aliphatic carbocycles. The lowest BCUT2D eigenvalue weighted by Gasteiger charge is -2.28. The van der Waals surface area contributed by atoms with Crippen molar-refractivity contribution in [1.82, 2.24) is 0 Å². The maximum atomic E-state index is 14.7. The summed E-state index contributed by atoms with van der Waals surface area (Å²) in [5.41, 5.74) is 5.91. The van der Waals surface area contributed by atoms with Crippen molar-refractivity contribution in [2.75, 3.05) is 13.2 Å². The van der Waals surface area contributed by atoms with E-state index in [1.54, 1.807) is 6.07 Å². The summed E-state index contributed by atoms with van der Waals surface area (Å²) < 4.78 is 20.1. The molecule has 0 radical (unpaired) electrons. The van der Waals surface area contributed by atoms with E-state index < -0.39 is 5.67 Å². The van der Waals surface area contributed by atoms with Crippen LogP contribution in [0.3, 0.4) is 0 Å². The lowest BCUT2D eigenvalue weighted by atomic mass is 9.84. The largest absolute Gasteiger partial charge is 0.493 e. The Bertz CT molecular complexity index is 392. The number of hydrogen-bond donors (Lipinski definition) is 1. The molecule has 1 aliphatic rings. The highest BCUT2D eigenvalue weighted by Crippen LogP contribution is 2.36.